The number of carbonyl (C=O) groups excluding carboxylic acids is 2. The molecule has 1 fully saturated rings. The fraction of sp³-hybridized carbons (Fsp3) is 0.312. The quantitative estimate of drug-likeness (QED) is 0.631. The summed E-state index contributed by atoms with van der Waals surface area (Å²) < 4.78 is 0. The molecule has 2 rings (SSSR count). The maximum Gasteiger partial charge on any atom is 0.267 e. The number of hydrogen-bond donors (Lipinski definition) is 2. The zero-order valence-electron chi connectivity index (χ0n) is 12.8. The van der Waals surface area contributed by atoms with Gasteiger partial charge in [0.25, 0.3) is 5.91 Å². The second-order valence-electron chi connectivity index (χ2n) is 5.42. The van der Waals surface area contributed by atoms with Crippen molar-refractivity contribution >= 4 is 40.7 Å². The van der Waals surface area contributed by atoms with Crippen LogP contribution in [0.15, 0.2) is 30.0 Å². The third-order valence-corrected chi connectivity index (χ3v) is 4.63. The van der Waals surface area contributed by atoms with Crippen LogP contribution in [0.1, 0.15) is 12.8 Å². The maximum atomic E-state index is 12.2. The van der Waals surface area contributed by atoms with E-state index in [2.05, 4.69) is 5.32 Å². The first-order valence-electron chi connectivity index (χ1n) is 7.33. The fourth-order valence-electron chi connectivity index (χ4n) is 2.42. The van der Waals surface area contributed by atoms with E-state index in [1.54, 1.807) is 18.2 Å². The average molecular weight is 367 g/mol. The first kappa shape index (κ1) is 18.1. The van der Waals surface area contributed by atoms with Gasteiger partial charge in [-0.05, 0) is 25.0 Å². The molecule has 8 heteroatoms. The van der Waals surface area contributed by atoms with Crippen LogP contribution in [-0.4, -0.2) is 29.8 Å². The van der Waals surface area contributed by atoms with Gasteiger partial charge in [-0.25, -0.2) is 0 Å². The first-order chi connectivity index (χ1) is 11.4. The molecule has 0 spiro atoms. The molecule has 3 N–H and O–H groups in total. The number of likely N-dealkylation sites (tertiary alicyclic amines) is 1. The molecule has 0 aliphatic carbocycles. The van der Waals surface area contributed by atoms with Crippen LogP contribution < -0.4 is 11.1 Å². The van der Waals surface area contributed by atoms with E-state index < -0.39 is 5.91 Å². The second kappa shape index (κ2) is 8.04. The Morgan fingerprint density at radius 2 is 2.00 bits per heavy atom. The van der Waals surface area contributed by atoms with Crippen LogP contribution in [0.25, 0.3) is 0 Å². The van der Waals surface area contributed by atoms with Gasteiger partial charge in [-0.2, -0.15) is 5.26 Å². The number of nitrogens with zero attached hydrogens (tertiary/aromatic N) is 2. The molecule has 1 aromatic carbocycles. The number of hydrogen-bond acceptors (Lipinski definition) is 4. The Morgan fingerprint density at radius 3 is 2.58 bits per heavy atom. The minimum Gasteiger partial charge on any atom is -0.376 e. The molecule has 6 nitrogen and oxygen atoms in total. The van der Waals surface area contributed by atoms with Crippen LogP contribution >= 0.6 is 23.2 Å². The highest BCUT2D eigenvalue weighted by molar-refractivity contribution is 6.44. The normalized spacial score (nSPS) is 15.7. The minimum atomic E-state index is -0.571. The lowest BCUT2D eigenvalue weighted by Crippen LogP contribution is -2.36. The predicted molar refractivity (Wildman–Crippen MR) is 92.3 cm³/mol. The number of piperidine rings is 1. The van der Waals surface area contributed by atoms with Crippen molar-refractivity contribution in [1.29, 1.82) is 5.26 Å². The fourth-order valence-corrected chi connectivity index (χ4v) is 2.77. The molecule has 0 saturated carbocycles. The number of nitriles is 1. The summed E-state index contributed by atoms with van der Waals surface area (Å²) in [6, 6.07) is 6.72. The lowest BCUT2D eigenvalue weighted by Gasteiger charge is -2.29. The van der Waals surface area contributed by atoms with Gasteiger partial charge in [-0.15, -0.1) is 0 Å². The molecule has 0 aromatic heterocycles. The lowest BCUT2D eigenvalue weighted by atomic mass is 9.96. The molecule has 0 unspecified atom stereocenters. The van der Waals surface area contributed by atoms with Gasteiger partial charge in [0.15, 0.2) is 0 Å². The van der Waals surface area contributed by atoms with Gasteiger partial charge >= 0.3 is 0 Å². The van der Waals surface area contributed by atoms with Crippen molar-refractivity contribution in [2.24, 2.45) is 11.7 Å². The Balaban J connectivity index is 2.05. The monoisotopic (exact) mass is 366 g/mol. The van der Waals surface area contributed by atoms with Gasteiger partial charge in [-0.3, -0.25) is 9.59 Å². The van der Waals surface area contributed by atoms with E-state index in [0.29, 0.717) is 36.6 Å². The van der Waals surface area contributed by atoms with E-state index >= 15 is 0 Å². The molecule has 24 heavy (non-hydrogen) atoms. The van der Waals surface area contributed by atoms with Gasteiger partial charge in [0.05, 0.1) is 15.7 Å². The molecule has 1 heterocycles. The molecule has 1 aromatic rings. The molecule has 1 saturated heterocycles. The lowest BCUT2D eigenvalue weighted by molar-refractivity contribution is -0.123. The number of anilines is 1. The van der Waals surface area contributed by atoms with E-state index in [1.807, 2.05) is 11.0 Å². The topological polar surface area (TPSA) is 99.2 Å². The van der Waals surface area contributed by atoms with Crippen molar-refractivity contribution in [3.05, 3.63) is 40.0 Å². The standard InChI is InChI=1S/C16H16Cl2N4O2/c17-12-2-1-3-13(14(12)18)21-16(24)11(8-19)9-22-6-4-10(5-7-22)15(20)23/h1-3,9-10H,4-7H2,(H2,20,23)(H,21,24)/b11-9-. The number of halogens is 2. The summed E-state index contributed by atoms with van der Waals surface area (Å²) in [5, 5.41) is 12.3. The zero-order chi connectivity index (χ0) is 17.7. The highest BCUT2D eigenvalue weighted by Crippen LogP contribution is 2.29. The van der Waals surface area contributed by atoms with E-state index in [1.165, 1.54) is 6.20 Å². The summed E-state index contributed by atoms with van der Waals surface area (Å²) in [5.41, 5.74) is 5.57. The van der Waals surface area contributed by atoms with Crippen molar-refractivity contribution < 1.29 is 9.59 Å². The van der Waals surface area contributed by atoms with Crippen molar-refractivity contribution in [2.75, 3.05) is 18.4 Å². The Bertz CT molecular complexity index is 719. The van der Waals surface area contributed by atoms with Crippen molar-refractivity contribution in [1.82, 2.24) is 4.90 Å². The van der Waals surface area contributed by atoms with Crippen LogP contribution in [0, 0.1) is 17.2 Å². The molecule has 1 aliphatic rings. The summed E-state index contributed by atoms with van der Waals surface area (Å²) in [7, 11) is 0. The Hall–Kier alpha value is -2.23. The summed E-state index contributed by atoms with van der Waals surface area (Å²) in [6.45, 7) is 1.12. The number of carbonyl (C=O) groups is 2. The van der Waals surface area contributed by atoms with E-state index in [0.717, 1.165) is 0 Å². The Labute approximate surface area is 149 Å². The molecular formula is C16H16Cl2N4O2. The molecule has 0 atom stereocenters. The number of primary amides is 1. The second-order valence-corrected chi connectivity index (χ2v) is 6.21. The Morgan fingerprint density at radius 1 is 1.33 bits per heavy atom. The molecule has 0 bridgehead atoms. The van der Waals surface area contributed by atoms with Gasteiger partial charge < -0.3 is 16.0 Å². The van der Waals surface area contributed by atoms with Crippen LogP contribution in [-0.2, 0) is 9.59 Å². The molecule has 1 aliphatic heterocycles. The zero-order valence-corrected chi connectivity index (χ0v) is 14.3. The molecule has 126 valence electrons. The third kappa shape index (κ3) is 4.40. The smallest absolute Gasteiger partial charge is 0.267 e. The van der Waals surface area contributed by atoms with Crippen LogP contribution in [0.5, 0.6) is 0 Å². The summed E-state index contributed by atoms with van der Waals surface area (Å²) in [4.78, 5) is 25.2. The Kier molecular flexibility index (Phi) is 6.07. The third-order valence-electron chi connectivity index (χ3n) is 3.81. The summed E-state index contributed by atoms with van der Waals surface area (Å²) in [5.74, 6) is -1.04. The van der Waals surface area contributed by atoms with Gasteiger partial charge in [-0.1, -0.05) is 29.3 Å². The largest absolute Gasteiger partial charge is 0.376 e. The minimum absolute atomic E-state index is 0.0523. The molecule has 2 amide bonds. The van der Waals surface area contributed by atoms with E-state index in [-0.39, 0.29) is 22.4 Å². The number of rotatable bonds is 4. The number of benzene rings is 1. The summed E-state index contributed by atoms with van der Waals surface area (Å²) >= 11 is 11.9. The van der Waals surface area contributed by atoms with Crippen molar-refractivity contribution in [3.8, 4) is 6.07 Å². The van der Waals surface area contributed by atoms with Crippen LogP contribution in [0.4, 0.5) is 5.69 Å². The first-order valence-corrected chi connectivity index (χ1v) is 8.08. The van der Waals surface area contributed by atoms with Gasteiger partial charge in [0, 0.05) is 25.2 Å². The number of nitrogens with two attached hydrogens (primary N) is 1. The highest BCUT2D eigenvalue weighted by atomic mass is 35.5. The SMILES string of the molecule is N#C/C(=C/N1CCC(C(N)=O)CC1)C(=O)Nc1cccc(Cl)c1Cl. The van der Waals surface area contributed by atoms with Crippen LogP contribution in [0.2, 0.25) is 10.0 Å². The predicted octanol–water partition coefficient (Wildman–Crippen LogP) is 2.54. The number of nitrogens with one attached hydrogen (secondary N) is 1. The molecular weight excluding hydrogens is 351 g/mol. The van der Waals surface area contributed by atoms with E-state index in [4.69, 9.17) is 28.9 Å². The summed E-state index contributed by atoms with van der Waals surface area (Å²) in [6.07, 6.45) is 2.70. The maximum absolute atomic E-state index is 12.2. The van der Waals surface area contributed by atoms with Gasteiger partial charge in [0.2, 0.25) is 5.91 Å². The van der Waals surface area contributed by atoms with Crippen molar-refractivity contribution in [2.45, 2.75) is 12.8 Å². The average Bonchev–Trinajstić information content (AvgIpc) is 2.57. The van der Waals surface area contributed by atoms with Gasteiger partial charge in [0.1, 0.15) is 11.6 Å². The number of amides is 2. The van der Waals surface area contributed by atoms with Crippen LogP contribution in [0.3, 0.4) is 0 Å². The highest BCUT2D eigenvalue weighted by Gasteiger charge is 2.23. The van der Waals surface area contributed by atoms with Crippen molar-refractivity contribution in [3.63, 3.8) is 0 Å². The van der Waals surface area contributed by atoms with E-state index in [9.17, 15) is 14.9 Å². The molecule has 0 radical (unpaired) electrons.